The van der Waals surface area contributed by atoms with Crippen LogP contribution < -0.4 is 10.6 Å². The maximum atomic E-state index is 10.7. The lowest BCUT2D eigenvalue weighted by molar-refractivity contribution is -0.119. The molecule has 1 aliphatic heterocycles. The van der Waals surface area contributed by atoms with E-state index in [4.69, 9.17) is 0 Å². The second kappa shape index (κ2) is 4.45. The van der Waals surface area contributed by atoms with Crippen molar-refractivity contribution in [3.05, 3.63) is 0 Å². The normalized spacial score (nSPS) is 29.8. The minimum Gasteiger partial charge on any atom is -0.356 e. The summed E-state index contributed by atoms with van der Waals surface area (Å²) < 4.78 is 0. The van der Waals surface area contributed by atoms with Crippen molar-refractivity contribution in [3.63, 3.8) is 0 Å². The Labute approximate surface area is 73.9 Å². The van der Waals surface area contributed by atoms with Crippen LogP contribution in [0.2, 0.25) is 0 Å². The van der Waals surface area contributed by atoms with Gasteiger partial charge in [-0.05, 0) is 31.3 Å². The second-order valence-corrected chi connectivity index (χ2v) is 3.67. The molecule has 0 aromatic rings. The number of nitrogens with one attached hydrogen (secondary N) is 2. The fraction of sp³-hybridized carbons (Fsp3) is 0.889. The van der Waals surface area contributed by atoms with Gasteiger partial charge in [-0.25, -0.2) is 0 Å². The Bertz CT molecular complexity index is 159. The lowest BCUT2D eigenvalue weighted by Gasteiger charge is -2.29. The van der Waals surface area contributed by atoms with Crippen LogP contribution in [0.15, 0.2) is 0 Å². The summed E-state index contributed by atoms with van der Waals surface area (Å²) in [7, 11) is 0. The molecular weight excluding hydrogens is 152 g/mol. The van der Waals surface area contributed by atoms with Crippen LogP contribution in [0.5, 0.6) is 0 Å². The summed E-state index contributed by atoms with van der Waals surface area (Å²) in [6.07, 6.45) is 1.18. The summed E-state index contributed by atoms with van der Waals surface area (Å²) in [5, 5.41) is 6.22. The molecule has 0 aromatic heterocycles. The molecule has 2 N–H and O–H groups in total. The lowest BCUT2D eigenvalue weighted by atomic mass is 9.88. The van der Waals surface area contributed by atoms with E-state index in [-0.39, 0.29) is 5.91 Å². The number of hydrogen-bond acceptors (Lipinski definition) is 2. The van der Waals surface area contributed by atoms with Gasteiger partial charge in [-0.1, -0.05) is 6.92 Å². The smallest absolute Gasteiger partial charge is 0.216 e. The molecule has 0 aromatic carbocycles. The fourth-order valence-corrected chi connectivity index (χ4v) is 1.65. The minimum atomic E-state index is 0.0840. The van der Waals surface area contributed by atoms with Crippen molar-refractivity contribution >= 4 is 5.91 Å². The third-order valence-electron chi connectivity index (χ3n) is 2.58. The minimum absolute atomic E-state index is 0.0840. The Morgan fingerprint density at radius 2 is 2.42 bits per heavy atom. The Morgan fingerprint density at radius 3 is 3.00 bits per heavy atom. The van der Waals surface area contributed by atoms with Gasteiger partial charge in [0, 0.05) is 13.5 Å². The molecule has 2 atom stereocenters. The molecule has 0 radical (unpaired) electrons. The molecule has 0 aliphatic carbocycles. The largest absolute Gasteiger partial charge is 0.356 e. The van der Waals surface area contributed by atoms with Gasteiger partial charge in [-0.2, -0.15) is 0 Å². The standard InChI is InChI=1S/C9H18N2O/c1-7-5-10-4-3-9(7)6-11-8(2)12/h7,9-10H,3-6H2,1-2H3,(H,11,12)/t7-,9+/m0/s1. The Balaban J connectivity index is 2.24. The van der Waals surface area contributed by atoms with Crippen LogP contribution in [0.4, 0.5) is 0 Å². The molecule has 0 saturated carbocycles. The third kappa shape index (κ3) is 2.81. The Hall–Kier alpha value is -0.570. The Morgan fingerprint density at radius 1 is 1.67 bits per heavy atom. The average molecular weight is 170 g/mol. The van der Waals surface area contributed by atoms with Crippen LogP contribution in [-0.4, -0.2) is 25.5 Å². The maximum Gasteiger partial charge on any atom is 0.216 e. The summed E-state index contributed by atoms with van der Waals surface area (Å²) in [5.74, 6) is 1.43. The fourth-order valence-electron chi connectivity index (χ4n) is 1.65. The molecule has 1 amide bonds. The van der Waals surface area contributed by atoms with Gasteiger partial charge in [0.1, 0.15) is 0 Å². The quantitative estimate of drug-likeness (QED) is 0.628. The molecule has 70 valence electrons. The van der Waals surface area contributed by atoms with Gasteiger partial charge >= 0.3 is 0 Å². The highest BCUT2D eigenvalue weighted by molar-refractivity contribution is 5.72. The summed E-state index contributed by atoms with van der Waals surface area (Å²) in [5.41, 5.74) is 0. The number of hydrogen-bond donors (Lipinski definition) is 2. The molecule has 1 rings (SSSR count). The van der Waals surface area contributed by atoms with E-state index in [1.807, 2.05) is 0 Å². The average Bonchev–Trinajstić information content (AvgIpc) is 2.03. The lowest BCUT2D eigenvalue weighted by Crippen LogP contribution is -2.40. The molecule has 0 unspecified atom stereocenters. The molecule has 3 heteroatoms. The monoisotopic (exact) mass is 170 g/mol. The summed E-state index contributed by atoms with van der Waals surface area (Å²) >= 11 is 0. The molecule has 1 heterocycles. The molecular formula is C9H18N2O. The summed E-state index contributed by atoms with van der Waals surface area (Å²) in [6, 6.07) is 0. The topological polar surface area (TPSA) is 41.1 Å². The van der Waals surface area contributed by atoms with E-state index in [1.54, 1.807) is 6.92 Å². The van der Waals surface area contributed by atoms with Gasteiger partial charge in [0.2, 0.25) is 5.91 Å². The highest BCUT2D eigenvalue weighted by atomic mass is 16.1. The van der Waals surface area contributed by atoms with Crippen molar-refractivity contribution in [2.45, 2.75) is 20.3 Å². The number of carbonyl (C=O) groups excluding carboxylic acids is 1. The predicted octanol–water partition coefficient (Wildman–Crippen LogP) is 0.368. The van der Waals surface area contributed by atoms with Crippen molar-refractivity contribution in [1.82, 2.24) is 10.6 Å². The molecule has 3 nitrogen and oxygen atoms in total. The van der Waals surface area contributed by atoms with Gasteiger partial charge < -0.3 is 10.6 Å². The molecule has 1 fully saturated rings. The van der Waals surface area contributed by atoms with Crippen molar-refractivity contribution in [1.29, 1.82) is 0 Å². The van der Waals surface area contributed by atoms with Crippen molar-refractivity contribution < 1.29 is 4.79 Å². The van der Waals surface area contributed by atoms with E-state index in [1.165, 1.54) is 6.42 Å². The van der Waals surface area contributed by atoms with E-state index < -0.39 is 0 Å². The van der Waals surface area contributed by atoms with Gasteiger partial charge in [0.05, 0.1) is 0 Å². The van der Waals surface area contributed by atoms with E-state index in [0.717, 1.165) is 19.6 Å². The van der Waals surface area contributed by atoms with Crippen LogP contribution in [0, 0.1) is 11.8 Å². The van der Waals surface area contributed by atoms with Crippen LogP contribution >= 0.6 is 0 Å². The van der Waals surface area contributed by atoms with Crippen LogP contribution in [0.3, 0.4) is 0 Å². The first kappa shape index (κ1) is 9.52. The van der Waals surface area contributed by atoms with Crippen LogP contribution in [0.25, 0.3) is 0 Å². The Kier molecular flexibility index (Phi) is 3.53. The maximum absolute atomic E-state index is 10.7. The zero-order valence-corrected chi connectivity index (χ0v) is 7.89. The van der Waals surface area contributed by atoms with Crippen molar-refractivity contribution in [2.75, 3.05) is 19.6 Å². The first-order valence-corrected chi connectivity index (χ1v) is 4.65. The van der Waals surface area contributed by atoms with Crippen molar-refractivity contribution in [3.8, 4) is 0 Å². The molecule has 0 spiro atoms. The number of piperidine rings is 1. The van der Waals surface area contributed by atoms with E-state index in [9.17, 15) is 4.79 Å². The number of carbonyl (C=O) groups is 1. The van der Waals surface area contributed by atoms with E-state index in [0.29, 0.717) is 11.8 Å². The SMILES string of the molecule is CC(=O)NC[C@H]1CCNC[C@@H]1C. The van der Waals surface area contributed by atoms with E-state index >= 15 is 0 Å². The predicted molar refractivity (Wildman–Crippen MR) is 48.8 cm³/mol. The van der Waals surface area contributed by atoms with Crippen molar-refractivity contribution in [2.24, 2.45) is 11.8 Å². The highest BCUT2D eigenvalue weighted by Gasteiger charge is 2.20. The van der Waals surface area contributed by atoms with Gasteiger partial charge in [0.25, 0.3) is 0 Å². The second-order valence-electron chi connectivity index (χ2n) is 3.67. The molecule has 12 heavy (non-hydrogen) atoms. The number of amides is 1. The third-order valence-corrected chi connectivity index (χ3v) is 2.58. The van der Waals surface area contributed by atoms with Gasteiger partial charge in [-0.3, -0.25) is 4.79 Å². The first-order valence-electron chi connectivity index (χ1n) is 4.65. The van der Waals surface area contributed by atoms with E-state index in [2.05, 4.69) is 17.6 Å². The summed E-state index contributed by atoms with van der Waals surface area (Å²) in [4.78, 5) is 10.7. The van der Waals surface area contributed by atoms with Gasteiger partial charge in [0.15, 0.2) is 0 Å². The summed E-state index contributed by atoms with van der Waals surface area (Å²) in [6.45, 7) is 6.83. The first-order chi connectivity index (χ1) is 5.70. The van der Waals surface area contributed by atoms with Gasteiger partial charge in [-0.15, -0.1) is 0 Å². The zero-order valence-electron chi connectivity index (χ0n) is 7.89. The van der Waals surface area contributed by atoms with Crippen LogP contribution in [0.1, 0.15) is 20.3 Å². The molecule has 1 aliphatic rings. The number of rotatable bonds is 2. The zero-order chi connectivity index (χ0) is 8.97. The van der Waals surface area contributed by atoms with Crippen LogP contribution in [-0.2, 0) is 4.79 Å². The molecule has 0 bridgehead atoms. The highest BCUT2D eigenvalue weighted by Crippen LogP contribution is 2.17. The molecule has 1 saturated heterocycles.